The molecule has 144 valence electrons. The molecule has 0 atom stereocenters. The Hall–Kier alpha value is -1.98. The topological polar surface area (TPSA) is 90.1 Å². The maximum atomic E-state index is 12.2. The minimum absolute atomic E-state index is 0.0436. The Morgan fingerprint density at radius 2 is 2.00 bits per heavy atom. The SMILES string of the molecule is O=C(CSc1nn(-c2ccc(Cl)cc2)c(=S)s1)Nc1cc([N+](=O)[O-])ccc1Cl. The van der Waals surface area contributed by atoms with Gasteiger partial charge >= 0.3 is 0 Å². The Balaban J connectivity index is 1.66. The number of hydrogen-bond acceptors (Lipinski definition) is 7. The van der Waals surface area contributed by atoms with E-state index in [9.17, 15) is 14.9 Å². The number of hydrogen-bond donors (Lipinski definition) is 1. The quantitative estimate of drug-likeness (QED) is 0.217. The zero-order chi connectivity index (χ0) is 20.3. The van der Waals surface area contributed by atoms with Gasteiger partial charge in [0.05, 0.1) is 27.1 Å². The van der Waals surface area contributed by atoms with Gasteiger partial charge < -0.3 is 5.32 Å². The predicted molar refractivity (Wildman–Crippen MR) is 115 cm³/mol. The standard InChI is InChI=1S/C16H10Cl2N4O3S3/c17-9-1-3-10(4-2-9)21-16(26)28-15(20-21)27-8-14(23)19-13-7-11(22(24)25)5-6-12(13)18/h1-7H,8H2,(H,19,23). The number of nitrogens with zero attached hydrogens (tertiary/aromatic N) is 3. The number of carbonyl (C=O) groups is 1. The fraction of sp³-hybridized carbons (Fsp3) is 0.0625. The molecule has 0 bridgehead atoms. The van der Waals surface area contributed by atoms with Crippen LogP contribution in [0.1, 0.15) is 0 Å². The second-order valence-corrected chi connectivity index (χ2v) is 8.97. The van der Waals surface area contributed by atoms with Crippen LogP contribution in [0, 0.1) is 14.1 Å². The van der Waals surface area contributed by atoms with Gasteiger partial charge in [0.15, 0.2) is 8.29 Å². The summed E-state index contributed by atoms with van der Waals surface area (Å²) in [5.74, 6) is -0.325. The van der Waals surface area contributed by atoms with Crippen molar-refractivity contribution in [3.8, 4) is 5.69 Å². The lowest BCUT2D eigenvalue weighted by atomic mass is 10.3. The summed E-state index contributed by atoms with van der Waals surface area (Å²) in [5.41, 5.74) is 0.790. The molecular weight excluding hydrogens is 463 g/mol. The van der Waals surface area contributed by atoms with E-state index in [1.165, 1.54) is 41.3 Å². The number of nitro groups is 1. The Morgan fingerprint density at radius 3 is 2.68 bits per heavy atom. The van der Waals surface area contributed by atoms with E-state index < -0.39 is 4.92 Å². The van der Waals surface area contributed by atoms with Gasteiger partial charge in [-0.15, -0.1) is 5.10 Å². The van der Waals surface area contributed by atoms with E-state index in [0.29, 0.717) is 13.3 Å². The summed E-state index contributed by atoms with van der Waals surface area (Å²) in [6, 6.07) is 10.9. The summed E-state index contributed by atoms with van der Waals surface area (Å²) in [6.07, 6.45) is 0. The van der Waals surface area contributed by atoms with Crippen molar-refractivity contribution in [2.75, 3.05) is 11.1 Å². The van der Waals surface area contributed by atoms with Gasteiger partial charge in [-0.2, -0.15) is 0 Å². The lowest BCUT2D eigenvalue weighted by Gasteiger charge is -2.06. The smallest absolute Gasteiger partial charge is 0.271 e. The molecule has 0 unspecified atom stereocenters. The molecule has 0 aliphatic rings. The highest BCUT2D eigenvalue weighted by Crippen LogP contribution is 2.28. The van der Waals surface area contributed by atoms with E-state index in [0.717, 1.165) is 5.69 Å². The summed E-state index contributed by atoms with van der Waals surface area (Å²) < 4.78 is 2.74. The van der Waals surface area contributed by atoms with E-state index in [1.807, 2.05) is 0 Å². The molecule has 0 aliphatic carbocycles. The highest BCUT2D eigenvalue weighted by atomic mass is 35.5. The number of benzene rings is 2. The largest absolute Gasteiger partial charge is 0.324 e. The molecule has 0 fully saturated rings. The van der Waals surface area contributed by atoms with Crippen LogP contribution in [0.5, 0.6) is 0 Å². The molecule has 0 spiro atoms. The molecule has 0 saturated heterocycles. The minimum Gasteiger partial charge on any atom is -0.324 e. The molecule has 1 N–H and O–H groups in total. The van der Waals surface area contributed by atoms with E-state index in [1.54, 1.807) is 28.9 Å². The Labute approximate surface area is 182 Å². The number of non-ortho nitro benzene ring substituents is 1. The molecular formula is C16H10Cl2N4O3S3. The lowest BCUT2D eigenvalue weighted by molar-refractivity contribution is -0.384. The van der Waals surface area contributed by atoms with Crippen molar-refractivity contribution in [3.05, 3.63) is 66.6 Å². The number of aromatic nitrogens is 2. The summed E-state index contributed by atoms with van der Waals surface area (Å²) in [4.78, 5) is 22.5. The highest BCUT2D eigenvalue weighted by Gasteiger charge is 2.14. The van der Waals surface area contributed by atoms with Crippen molar-refractivity contribution in [1.29, 1.82) is 0 Å². The van der Waals surface area contributed by atoms with E-state index >= 15 is 0 Å². The minimum atomic E-state index is -0.559. The van der Waals surface area contributed by atoms with Gasteiger partial charge in [0.25, 0.3) is 5.69 Å². The normalized spacial score (nSPS) is 10.6. The van der Waals surface area contributed by atoms with Crippen LogP contribution in [0.4, 0.5) is 11.4 Å². The number of nitro benzene ring substituents is 1. The van der Waals surface area contributed by atoms with Crippen LogP contribution in [-0.4, -0.2) is 26.4 Å². The molecule has 12 heteroatoms. The van der Waals surface area contributed by atoms with Crippen LogP contribution in [0.15, 0.2) is 46.8 Å². The molecule has 3 rings (SSSR count). The van der Waals surface area contributed by atoms with Crippen LogP contribution >= 0.6 is 58.5 Å². The first-order chi connectivity index (χ1) is 13.3. The first-order valence-corrected chi connectivity index (χ1v) is 10.5. The lowest BCUT2D eigenvalue weighted by Crippen LogP contribution is -2.14. The number of rotatable bonds is 6. The Bertz CT molecular complexity index is 1100. The van der Waals surface area contributed by atoms with Crippen LogP contribution < -0.4 is 5.32 Å². The van der Waals surface area contributed by atoms with E-state index in [-0.39, 0.29) is 28.1 Å². The van der Waals surface area contributed by atoms with Crippen LogP contribution in [0.3, 0.4) is 0 Å². The number of thioether (sulfide) groups is 1. The third kappa shape index (κ3) is 5.09. The molecule has 0 saturated carbocycles. The second kappa shape index (κ2) is 9.01. The highest BCUT2D eigenvalue weighted by molar-refractivity contribution is 8.01. The second-order valence-electron chi connectivity index (χ2n) is 5.28. The van der Waals surface area contributed by atoms with Crippen LogP contribution in [0.25, 0.3) is 5.69 Å². The number of nitrogens with one attached hydrogen (secondary N) is 1. The molecule has 0 aliphatic heterocycles. The van der Waals surface area contributed by atoms with Crippen LogP contribution in [0.2, 0.25) is 10.0 Å². The van der Waals surface area contributed by atoms with Gasteiger partial charge in [0.1, 0.15) is 0 Å². The monoisotopic (exact) mass is 472 g/mol. The van der Waals surface area contributed by atoms with Gasteiger partial charge in [-0.1, -0.05) is 46.3 Å². The first-order valence-electron chi connectivity index (χ1n) is 7.56. The Morgan fingerprint density at radius 1 is 1.29 bits per heavy atom. The number of amides is 1. The maximum absolute atomic E-state index is 12.2. The van der Waals surface area contributed by atoms with Gasteiger partial charge in [-0.05, 0) is 42.5 Å². The zero-order valence-electron chi connectivity index (χ0n) is 13.8. The van der Waals surface area contributed by atoms with Crippen LogP contribution in [-0.2, 0) is 4.79 Å². The van der Waals surface area contributed by atoms with Crippen molar-refractivity contribution in [2.24, 2.45) is 0 Å². The fourth-order valence-electron chi connectivity index (χ4n) is 2.10. The summed E-state index contributed by atoms with van der Waals surface area (Å²) in [5, 5.41) is 18.6. The zero-order valence-corrected chi connectivity index (χ0v) is 17.8. The van der Waals surface area contributed by atoms with Gasteiger partial charge in [-0.3, -0.25) is 14.9 Å². The predicted octanol–water partition coefficient (Wildman–Crippen LogP) is 5.61. The first kappa shape index (κ1) is 20.7. The molecule has 2 aromatic carbocycles. The third-order valence-electron chi connectivity index (χ3n) is 3.36. The van der Waals surface area contributed by atoms with E-state index in [4.69, 9.17) is 35.4 Å². The molecule has 3 aromatic rings. The molecule has 7 nitrogen and oxygen atoms in total. The van der Waals surface area contributed by atoms with Gasteiger partial charge in [0, 0.05) is 17.2 Å². The molecule has 28 heavy (non-hydrogen) atoms. The molecule has 1 heterocycles. The number of anilines is 1. The molecule has 0 radical (unpaired) electrons. The van der Waals surface area contributed by atoms with Gasteiger partial charge in [-0.25, -0.2) is 4.68 Å². The summed E-state index contributed by atoms with van der Waals surface area (Å²) in [7, 11) is 0. The molecule has 1 amide bonds. The fourth-order valence-corrected chi connectivity index (χ4v) is 4.55. The number of halogens is 2. The van der Waals surface area contributed by atoms with Gasteiger partial charge in [0.2, 0.25) is 5.91 Å². The van der Waals surface area contributed by atoms with Crippen molar-refractivity contribution in [2.45, 2.75) is 4.34 Å². The molecule has 1 aromatic heterocycles. The average molecular weight is 473 g/mol. The Kier molecular flexibility index (Phi) is 6.68. The van der Waals surface area contributed by atoms with Crippen molar-refractivity contribution in [3.63, 3.8) is 0 Å². The van der Waals surface area contributed by atoms with Crippen molar-refractivity contribution < 1.29 is 9.72 Å². The maximum Gasteiger partial charge on any atom is 0.271 e. The number of carbonyl (C=O) groups excluding carboxylic acids is 1. The summed E-state index contributed by atoms with van der Waals surface area (Å²) >= 11 is 19.7. The average Bonchev–Trinajstić information content (AvgIpc) is 3.03. The van der Waals surface area contributed by atoms with E-state index in [2.05, 4.69) is 10.4 Å². The van der Waals surface area contributed by atoms with Crippen molar-refractivity contribution in [1.82, 2.24) is 9.78 Å². The van der Waals surface area contributed by atoms with Crippen molar-refractivity contribution >= 4 is 75.8 Å². The summed E-state index contributed by atoms with van der Waals surface area (Å²) in [6.45, 7) is 0. The third-order valence-corrected chi connectivity index (χ3v) is 6.31.